The number of nitrogens with one attached hydrogen (secondary N) is 1. The van der Waals surface area contributed by atoms with E-state index in [9.17, 15) is 0 Å². The minimum Gasteiger partial charge on any atom is -0.497 e. The van der Waals surface area contributed by atoms with Gasteiger partial charge in [0.1, 0.15) is 5.75 Å². The van der Waals surface area contributed by atoms with Crippen LogP contribution in [0.1, 0.15) is 26.2 Å². The molecule has 4 heteroatoms. The number of rotatable bonds is 5. The maximum Gasteiger partial charge on any atom is 0.121 e. The first-order valence-corrected chi connectivity index (χ1v) is 7.44. The molecular weight excluding hydrogens is 260 g/mol. The predicted octanol–water partition coefficient (Wildman–Crippen LogP) is 3.32. The molecule has 1 heterocycles. The van der Waals surface area contributed by atoms with Crippen molar-refractivity contribution in [3.8, 4) is 5.75 Å². The molecule has 0 spiro atoms. The molecule has 19 heavy (non-hydrogen) atoms. The van der Waals surface area contributed by atoms with E-state index in [4.69, 9.17) is 16.3 Å². The molecular formula is C15H23ClN2O. The second-order valence-electron chi connectivity index (χ2n) is 5.06. The lowest BCUT2D eigenvalue weighted by Gasteiger charge is -2.35. The fourth-order valence-electron chi connectivity index (χ4n) is 2.57. The van der Waals surface area contributed by atoms with Crippen LogP contribution in [0.25, 0.3) is 0 Å². The second-order valence-corrected chi connectivity index (χ2v) is 5.46. The molecule has 1 aliphatic heterocycles. The van der Waals surface area contributed by atoms with E-state index in [1.807, 2.05) is 18.2 Å². The van der Waals surface area contributed by atoms with Crippen LogP contribution in [-0.2, 0) is 0 Å². The minimum atomic E-state index is 0.566. The lowest BCUT2D eigenvalue weighted by molar-refractivity contribution is 0.411. The second kappa shape index (κ2) is 7.01. The van der Waals surface area contributed by atoms with E-state index >= 15 is 0 Å². The number of halogens is 1. The lowest BCUT2D eigenvalue weighted by atomic mass is 10.0. The van der Waals surface area contributed by atoms with E-state index in [0.717, 1.165) is 36.1 Å². The molecule has 1 atom stereocenters. The Morgan fingerprint density at radius 2 is 2.32 bits per heavy atom. The molecule has 1 N–H and O–H groups in total. The Kier molecular flexibility index (Phi) is 5.34. The average molecular weight is 283 g/mol. The summed E-state index contributed by atoms with van der Waals surface area (Å²) in [6.45, 7) is 5.38. The fraction of sp³-hybridized carbons (Fsp3) is 0.600. The van der Waals surface area contributed by atoms with Crippen molar-refractivity contribution in [1.82, 2.24) is 5.32 Å². The van der Waals surface area contributed by atoms with Crippen molar-refractivity contribution in [2.75, 3.05) is 31.6 Å². The molecule has 1 aliphatic rings. The smallest absolute Gasteiger partial charge is 0.121 e. The van der Waals surface area contributed by atoms with Gasteiger partial charge >= 0.3 is 0 Å². The number of ether oxygens (including phenoxy) is 1. The van der Waals surface area contributed by atoms with Gasteiger partial charge in [-0.3, -0.25) is 0 Å². The summed E-state index contributed by atoms with van der Waals surface area (Å²) in [4.78, 5) is 2.36. The first-order valence-electron chi connectivity index (χ1n) is 7.06. The van der Waals surface area contributed by atoms with E-state index < -0.39 is 0 Å². The van der Waals surface area contributed by atoms with Crippen LogP contribution in [-0.4, -0.2) is 32.8 Å². The molecule has 106 valence electrons. The van der Waals surface area contributed by atoms with Crippen LogP contribution in [0.2, 0.25) is 5.02 Å². The molecule has 0 aromatic heterocycles. The molecule has 0 aliphatic carbocycles. The van der Waals surface area contributed by atoms with Gasteiger partial charge in [0.15, 0.2) is 0 Å². The van der Waals surface area contributed by atoms with Crippen molar-refractivity contribution < 1.29 is 4.74 Å². The molecule has 2 rings (SSSR count). The van der Waals surface area contributed by atoms with Gasteiger partial charge in [0.25, 0.3) is 0 Å². The normalized spacial score (nSPS) is 19.5. The van der Waals surface area contributed by atoms with Gasteiger partial charge in [0.2, 0.25) is 0 Å². The van der Waals surface area contributed by atoms with Crippen LogP contribution in [0.3, 0.4) is 0 Å². The van der Waals surface area contributed by atoms with E-state index in [1.54, 1.807) is 7.11 Å². The quantitative estimate of drug-likeness (QED) is 0.897. The summed E-state index contributed by atoms with van der Waals surface area (Å²) in [5.74, 6) is 0.864. The highest BCUT2D eigenvalue weighted by atomic mass is 35.5. The van der Waals surface area contributed by atoms with Crippen molar-refractivity contribution in [2.24, 2.45) is 0 Å². The number of nitrogens with zero attached hydrogens (tertiary/aromatic N) is 1. The summed E-state index contributed by atoms with van der Waals surface area (Å²) in [5, 5.41) is 4.41. The summed E-state index contributed by atoms with van der Waals surface area (Å²) in [6.07, 6.45) is 3.63. The molecule has 1 saturated heterocycles. The van der Waals surface area contributed by atoms with E-state index in [2.05, 4.69) is 17.1 Å². The zero-order chi connectivity index (χ0) is 13.7. The molecule has 0 bridgehead atoms. The Labute approximate surface area is 120 Å². The SMILES string of the molecule is CCCNC1CCCN(c2cc(OC)ccc2Cl)C1. The van der Waals surface area contributed by atoms with Gasteiger partial charge in [-0.2, -0.15) is 0 Å². The van der Waals surface area contributed by atoms with Gasteiger partial charge in [0.05, 0.1) is 17.8 Å². The van der Waals surface area contributed by atoms with Crippen molar-refractivity contribution in [3.05, 3.63) is 23.2 Å². The van der Waals surface area contributed by atoms with E-state index in [1.165, 1.54) is 19.3 Å². The van der Waals surface area contributed by atoms with Crippen LogP contribution >= 0.6 is 11.6 Å². The number of methoxy groups -OCH3 is 1. The fourth-order valence-corrected chi connectivity index (χ4v) is 2.81. The van der Waals surface area contributed by atoms with Crippen molar-refractivity contribution >= 4 is 17.3 Å². The molecule has 1 fully saturated rings. The Bertz CT molecular complexity index is 411. The van der Waals surface area contributed by atoms with Crippen LogP contribution in [0.5, 0.6) is 5.75 Å². The molecule has 0 amide bonds. The van der Waals surface area contributed by atoms with Gasteiger partial charge in [-0.05, 0) is 37.9 Å². The Balaban J connectivity index is 2.08. The number of anilines is 1. The Morgan fingerprint density at radius 1 is 1.47 bits per heavy atom. The highest BCUT2D eigenvalue weighted by Gasteiger charge is 2.21. The summed E-state index contributed by atoms with van der Waals surface area (Å²) in [6, 6.07) is 6.42. The van der Waals surface area contributed by atoms with Crippen molar-refractivity contribution in [3.63, 3.8) is 0 Å². The number of hydrogen-bond donors (Lipinski definition) is 1. The largest absolute Gasteiger partial charge is 0.497 e. The molecule has 1 unspecified atom stereocenters. The summed E-state index contributed by atoms with van der Waals surface area (Å²) < 4.78 is 5.29. The minimum absolute atomic E-state index is 0.566. The molecule has 0 radical (unpaired) electrons. The molecule has 3 nitrogen and oxygen atoms in total. The predicted molar refractivity (Wildman–Crippen MR) is 81.5 cm³/mol. The highest BCUT2D eigenvalue weighted by molar-refractivity contribution is 6.33. The van der Waals surface area contributed by atoms with Crippen LogP contribution in [0.15, 0.2) is 18.2 Å². The average Bonchev–Trinajstić information content (AvgIpc) is 2.46. The lowest BCUT2D eigenvalue weighted by Crippen LogP contribution is -2.46. The van der Waals surface area contributed by atoms with Crippen molar-refractivity contribution in [1.29, 1.82) is 0 Å². The van der Waals surface area contributed by atoms with Gasteiger partial charge in [-0.25, -0.2) is 0 Å². The summed E-state index contributed by atoms with van der Waals surface area (Å²) >= 11 is 6.32. The van der Waals surface area contributed by atoms with Crippen LogP contribution < -0.4 is 15.0 Å². The van der Waals surface area contributed by atoms with Crippen molar-refractivity contribution in [2.45, 2.75) is 32.2 Å². The van der Waals surface area contributed by atoms with Gasteiger partial charge in [0, 0.05) is 25.2 Å². The van der Waals surface area contributed by atoms with Crippen LogP contribution in [0.4, 0.5) is 5.69 Å². The topological polar surface area (TPSA) is 24.5 Å². The highest BCUT2D eigenvalue weighted by Crippen LogP contribution is 2.31. The first kappa shape index (κ1) is 14.5. The van der Waals surface area contributed by atoms with E-state index in [0.29, 0.717) is 6.04 Å². The molecule has 1 aromatic rings. The van der Waals surface area contributed by atoms with Gasteiger partial charge in [-0.15, -0.1) is 0 Å². The standard InChI is InChI=1S/C15H23ClN2O/c1-3-8-17-12-5-4-9-18(11-12)15-10-13(19-2)6-7-14(15)16/h6-7,10,12,17H,3-5,8-9,11H2,1-2H3. The van der Waals surface area contributed by atoms with E-state index in [-0.39, 0.29) is 0 Å². The van der Waals surface area contributed by atoms with Gasteiger partial charge < -0.3 is 15.0 Å². The zero-order valence-corrected chi connectivity index (χ0v) is 12.5. The third-order valence-electron chi connectivity index (χ3n) is 3.60. The third-order valence-corrected chi connectivity index (χ3v) is 3.92. The number of piperidine rings is 1. The number of hydrogen-bond acceptors (Lipinski definition) is 3. The first-order chi connectivity index (χ1) is 9.24. The summed E-state index contributed by atoms with van der Waals surface area (Å²) in [7, 11) is 1.69. The van der Waals surface area contributed by atoms with Crippen LogP contribution in [0, 0.1) is 0 Å². The monoisotopic (exact) mass is 282 g/mol. The maximum atomic E-state index is 6.32. The zero-order valence-electron chi connectivity index (χ0n) is 11.8. The summed E-state index contributed by atoms with van der Waals surface area (Å²) in [5.41, 5.74) is 1.09. The Hall–Kier alpha value is -0.930. The number of benzene rings is 1. The molecule has 0 saturated carbocycles. The maximum absolute atomic E-state index is 6.32. The van der Waals surface area contributed by atoms with Gasteiger partial charge in [-0.1, -0.05) is 18.5 Å². The Morgan fingerprint density at radius 3 is 3.05 bits per heavy atom. The third kappa shape index (κ3) is 3.77. The molecule has 1 aromatic carbocycles.